The van der Waals surface area contributed by atoms with E-state index in [4.69, 9.17) is 5.84 Å². The molecule has 0 aromatic heterocycles. The Morgan fingerprint density at radius 3 is 2.35 bits per heavy atom. The third kappa shape index (κ3) is 3.77. The quantitative estimate of drug-likeness (QED) is 0.416. The Balaban J connectivity index is 2.89. The highest BCUT2D eigenvalue weighted by atomic mass is 79.9. The Bertz CT molecular complexity index is 501. The molecule has 0 aliphatic carbocycles. The zero-order valence-electron chi connectivity index (χ0n) is 8.98. The van der Waals surface area contributed by atoms with E-state index < -0.39 is 22.0 Å². The lowest BCUT2D eigenvalue weighted by Gasteiger charge is -2.12. The van der Waals surface area contributed by atoms with Crippen molar-refractivity contribution >= 4 is 31.9 Å². The Morgan fingerprint density at radius 2 is 1.88 bits per heavy atom. The van der Waals surface area contributed by atoms with Crippen LogP contribution in [0.3, 0.4) is 0 Å². The average Bonchev–Trinajstić information content (AvgIpc) is 2.27. The molecule has 0 aliphatic rings. The first-order chi connectivity index (χ1) is 7.86. The van der Waals surface area contributed by atoms with Gasteiger partial charge in [0.2, 0.25) is 10.0 Å². The van der Waals surface area contributed by atoms with Gasteiger partial charge >= 0.3 is 0 Å². The van der Waals surface area contributed by atoms with Crippen LogP contribution in [0.1, 0.15) is 6.92 Å². The van der Waals surface area contributed by atoms with Crippen LogP contribution in [0.4, 0.5) is 0 Å². The molecule has 0 heterocycles. The molecule has 0 fully saturated rings. The van der Waals surface area contributed by atoms with E-state index in [2.05, 4.69) is 20.7 Å². The molecule has 0 spiro atoms. The van der Waals surface area contributed by atoms with Gasteiger partial charge in [0.15, 0.2) is 0 Å². The molecule has 17 heavy (non-hydrogen) atoms. The van der Waals surface area contributed by atoms with Crippen molar-refractivity contribution in [3.8, 4) is 0 Å². The van der Waals surface area contributed by atoms with Crippen LogP contribution < -0.4 is 16.0 Å². The maximum Gasteiger partial charge on any atom is 0.251 e. The molecule has 1 aromatic rings. The number of carbonyl (C=O) groups is 1. The number of carbonyl (C=O) groups excluding carboxylic acids is 1. The highest BCUT2D eigenvalue weighted by Crippen LogP contribution is 2.14. The summed E-state index contributed by atoms with van der Waals surface area (Å²) in [5.74, 6) is 4.30. The molecular weight excluding hydrogens is 310 g/mol. The summed E-state index contributed by atoms with van der Waals surface area (Å²) >= 11 is 3.20. The molecule has 1 rings (SSSR count). The van der Waals surface area contributed by atoms with Crippen LogP contribution in [0.25, 0.3) is 0 Å². The first-order valence-corrected chi connectivity index (χ1v) is 6.93. The van der Waals surface area contributed by atoms with Gasteiger partial charge in [0.05, 0.1) is 10.9 Å². The van der Waals surface area contributed by atoms with E-state index in [0.29, 0.717) is 0 Å². The highest BCUT2D eigenvalue weighted by molar-refractivity contribution is 9.10. The van der Waals surface area contributed by atoms with Crippen LogP contribution in [-0.4, -0.2) is 20.4 Å². The smallest absolute Gasteiger partial charge is 0.251 e. The number of benzene rings is 1. The van der Waals surface area contributed by atoms with Gasteiger partial charge in [0.25, 0.3) is 5.91 Å². The third-order valence-electron chi connectivity index (χ3n) is 1.99. The van der Waals surface area contributed by atoms with E-state index in [1.54, 1.807) is 12.1 Å². The molecule has 0 saturated heterocycles. The van der Waals surface area contributed by atoms with Gasteiger partial charge in [-0.3, -0.25) is 10.2 Å². The van der Waals surface area contributed by atoms with Crippen LogP contribution in [0, 0.1) is 0 Å². The van der Waals surface area contributed by atoms with Gasteiger partial charge in [-0.05, 0) is 31.2 Å². The molecule has 0 saturated carbocycles. The number of nitrogens with one attached hydrogen (secondary N) is 2. The van der Waals surface area contributed by atoms with Crippen molar-refractivity contribution in [2.24, 2.45) is 5.84 Å². The van der Waals surface area contributed by atoms with Crippen molar-refractivity contribution in [1.82, 2.24) is 10.1 Å². The number of amides is 1. The summed E-state index contributed by atoms with van der Waals surface area (Å²) in [6.07, 6.45) is 0. The fourth-order valence-electron chi connectivity index (χ4n) is 1.09. The van der Waals surface area contributed by atoms with E-state index in [9.17, 15) is 13.2 Å². The largest absolute Gasteiger partial charge is 0.293 e. The molecule has 1 amide bonds. The molecule has 94 valence electrons. The maximum absolute atomic E-state index is 11.8. The fraction of sp³-hybridized carbons (Fsp3) is 0.222. The Morgan fingerprint density at radius 1 is 1.35 bits per heavy atom. The highest BCUT2D eigenvalue weighted by Gasteiger charge is 2.21. The normalized spacial score (nSPS) is 13.1. The average molecular weight is 322 g/mol. The number of sulfonamides is 1. The molecule has 4 N–H and O–H groups in total. The third-order valence-corrected chi connectivity index (χ3v) is 4.08. The minimum atomic E-state index is -3.72. The minimum Gasteiger partial charge on any atom is -0.293 e. The second-order valence-corrected chi connectivity index (χ2v) is 5.94. The Hall–Kier alpha value is -0.960. The lowest BCUT2D eigenvalue weighted by molar-refractivity contribution is -0.122. The summed E-state index contributed by atoms with van der Waals surface area (Å²) in [6, 6.07) is 5.12. The summed E-state index contributed by atoms with van der Waals surface area (Å²) in [4.78, 5) is 11.2. The van der Waals surface area contributed by atoms with Gasteiger partial charge in [0, 0.05) is 4.47 Å². The van der Waals surface area contributed by atoms with Crippen molar-refractivity contribution in [2.75, 3.05) is 0 Å². The second-order valence-electron chi connectivity index (χ2n) is 3.31. The zero-order chi connectivity index (χ0) is 13.1. The minimum absolute atomic E-state index is 0.0809. The molecular formula is C9H12BrN3O3S. The van der Waals surface area contributed by atoms with Crippen molar-refractivity contribution in [1.29, 1.82) is 0 Å². The van der Waals surface area contributed by atoms with Crippen molar-refractivity contribution in [3.63, 3.8) is 0 Å². The zero-order valence-corrected chi connectivity index (χ0v) is 11.4. The van der Waals surface area contributed by atoms with Crippen LogP contribution >= 0.6 is 15.9 Å². The number of hydrogen-bond donors (Lipinski definition) is 3. The molecule has 0 unspecified atom stereocenters. The summed E-state index contributed by atoms with van der Waals surface area (Å²) in [5, 5.41) is 0. The predicted molar refractivity (Wildman–Crippen MR) is 66.3 cm³/mol. The monoisotopic (exact) mass is 321 g/mol. The maximum atomic E-state index is 11.8. The van der Waals surface area contributed by atoms with E-state index in [-0.39, 0.29) is 4.90 Å². The van der Waals surface area contributed by atoms with E-state index in [1.807, 2.05) is 5.43 Å². The second kappa shape index (κ2) is 5.58. The van der Waals surface area contributed by atoms with Crippen LogP contribution in [0.5, 0.6) is 0 Å². The first kappa shape index (κ1) is 14.1. The summed E-state index contributed by atoms with van der Waals surface area (Å²) in [7, 11) is -3.72. The molecule has 8 heteroatoms. The van der Waals surface area contributed by atoms with Crippen LogP contribution in [-0.2, 0) is 14.8 Å². The van der Waals surface area contributed by atoms with Gasteiger partial charge in [-0.15, -0.1) is 0 Å². The topological polar surface area (TPSA) is 101 Å². The van der Waals surface area contributed by atoms with E-state index in [0.717, 1.165) is 4.47 Å². The molecule has 0 aliphatic heterocycles. The standard InChI is InChI=1S/C9H12BrN3O3S/c1-6(9(14)12-11)13-17(15,16)8-4-2-7(10)3-5-8/h2-6,13H,11H2,1H3,(H,12,14)/t6-/m0/s1. The van der Waals surface area contributed by atoms with Gasteiger partial charge in [-0.2, -0.15) is 4.72 Å². The fourth-order valence-corrected chi connectivity index (χ4v) is 2.56. The SMILES string of the molecule is C[C@H](NS(=O)(=O)c1ccc(Br)cc1)C(=O)NN. The van der Waals surface area contributed by atoms with E-state index >= 15 is 0 Å². The number of rotatable bonds is 4. The summed E-state index contributed by atoms with van der Waals surface area (Å²) in [6.45, 7) is 1.40. The van der Waals surface area contributed by atoms with Crippen LogP contribution in [0.15, 0.2) is 33.6 Å². The van der Waals surface area contributed by atoms with Gasteiger partial charge in [-0.1, -0.05) is 15.9 Å². The van der Waals surface area contributed by atoms with Gasteiger partial charge in [0.1, 0.15) is 0 Å². The number of nitrogens with two attached hydrogens (primary N) is 1. The molecule has 1 aromatic carbocycles. The molecule has 0 bridgehead atoms. The predicted octanol–water partition coefficient (Wildman–Crippen LogP) is 0.106. The Kier molecular flexibility index (Phi) is 4.63. The number of hydrazine groups is 1. The Labute approximate surface area is 108 Å². The number of hydrogen-bond acceptors (Lipinski definition) is 4. The lowest BCUT2D eigenvalue weighted by Crippen LogP contribution is -2.47. The molecule has 1 atom stereocenters. The van der Waals surface area contributed by atoms with Gasteiger partial charge < -0.3 is 0 Å². The van der Waals surface area contributed by atoms with Crippen molar-refractivity contribution < 1.29 is 13.2 Å². The van der Waals surface area contributed by atoms with Gasteiger partial charge in [-0.25, -0.2) is 14.3 Å². The first-order valence-electron chi connectivity index (χ1n) is 4.65. The van der Waals surface area contributed by atoms with E-state index in [1.165, 1.54) is 19.1 Å². The summed E-state index contributed by atoms with van der Waals surface area (Å²) in [5.41, 5.74) is 1.87. The van der Waals surface area contributed by atoms with Crippen molar-refractivity contribution in [3.05, 3.63) is 28.7 Å². The summed E-state index contributed by atoms with van der Waals surface area (Å²) < 4.78 is 26.6. The molecule has 0 radical (unpaired) electrons. The van der Waals surface area contributed by atoms with Crippen molar-refractivity contribution in [2.45, 2.75) is 17.9 Å². The van der Waals surface area contributed by atoms with Crippen LogP contribution in [0.2, 0.25) is 0 Å². The lowest BCUT2D eigenvalue weighted by atomic mass is 10.3. The number of halogens is 1. The molecule has 6 nitrogen and oxygen atoms in total.